The highest BCUT2D eigenvalue weighted by molar-refractivity contribution is 6.31. The molecule has 0 spiro atoms. The van der Waals surface area contributed by atoms with Gasteiger partial charge in [-0.15, -0.1) is 6.58 Å². The highest BCUT2D eigenvalue weighted by Crippen LogP contribution is 2.22. The highest BCUT2D eigenvalue weighted by Gasteiger charge is 2.06. The van der Waals surface area contributed by atoms with Crippen molar-refractivity contribution in [3.63, 3.8) is 0 Å². The number of benzene rings is 1. The fourth-order valence-corrected chi connectivity index (χ4v) is 2.40. The number of nitrogens with zero attached hydrogens (tertiary/aromatic N) is 2. The highest BCUT2D eigenvalue weighted by atomic mass is 35.5. The number of ether oxygens (including phenoxy) is 1. The lowest BCUT2D eigenvalue weighted by Crippen LogP contribution is -2.40. The van der Waals surface area contributed by atoms with Crippen LogP contribution in [0.1, 0.15) is 18.4 Å². The molecule has 0 heterocycles. The predicted molar refractivity (Wildman–Crippen MR) is 95.1 cm³/mol. The van der Waals surface area contributed by atoms with Crippen LogP contribution in [-0.2, 0) is 6.42 Å². The average molecular weight is 324 g/mol. The Bertz CT molecular complexity index is 503. The van der Waals surface area contributed by atoms with E-state index in [0.29, 0.717) is 0 Å². The molecule has 0 radical (unpaired) electrons. The number of hydrogen-bond donors (Lipinski definition) is 1. The lowest BCUT2D eigenvalue weighted by Gasteiger charge is -2.22. The van der Waals surface area contributed by atoms with Gasteiger partial charge in [0.15, 0.2) is 5.96 Å². The van der Waals surface area contributed by atoms with Crippen LogP contribution in [0.3, 0.4) is 0 Å². The Morgan fingerprint density at radius 3 is 2.86 bits per heavy atom. The number of unbranched alkanes of at least 4 members (excludes halogenated alkanes) is 1. The number of allylic oxidation sites excluding steroid dienone is 1. The topological polar surface area (TPSA) is 36.9 Å². The molecule has 122 valence electrons. The Kier molecular flexibility index (Phi) is 8.44. The zero-order valence-electron chi connectivity index (χ0n) is 13.7. The van der Waals surface area contributed by atoms with Gasteiger partial charge in [0.25, 0.3) is 0 Å². The van der Waals surface area contributed by atoms with Gasteiger partial charge in [-0.1, -0.05) is 23.7 Å². The van der Waals surface area contributed by atoms with Gasteiger partial charge in [0.2, 0.25) is 0 Å². The maximum absolute atomic E-state index is 6.25. The Labute approximate surface area is 138 Å². The normalized spacial score (nSPS) is 11.2. The van der Waals surface area contributed by atoms with Crippen LogP contribution in [0.5, 0.6) is 5.75 Å². The first-order valence-electron chi connectivity index (χ1n) is 7.47. The number of aliphatic imine (C=N–C) groups is 1. The number of hydrogen-bond acceptors (Lipinski definition) is 2. The molecule has 0 aliphatic rings. The van der Waals surface area contributed by atoms with E-state index in [2.05, 4.69) is 21.8 Å². The fourth-order valence-electron chi connectivity index (χ4n) is 2.13. The first-order valence-corrected chi connectivity index (χ1v) is 7.85. The predicted octanol–water partition coefficient (Wildman–Crippen LogP) is 3.36. The zero-order valence-corrected chi connectivity index (χ0v) is 14.5. The van der Waals surface area contributed by atoms with Crippen molar-refractivity contribution in [1.82, 2.24) is 10.2 Å². The zero-order chi connectivity index (χ0) is 16.4. The molecule has 5 heteroatoms. The molecule has 1 N–H and O–H groups in total. The molecule has 0 saturated carbocycles. The van der Waals surface area contributed by atoms with Gasteiger partial charge in [-0.05, 0) is 37.0 Å². The van der Waals surface area contributed by atoms with Gasteiger partial charge < -0.3 is 15.0 Å². The van der Waals surface area contributed by atoms with E-state index in [9.17, 15) is 0 Å². The van der Waals surface area contributed by atoms with Gasteiger partial charge in [0.1, 0.15) is 5.75 Å². The summed E-state index contributed by atoms with van der Waals surface area (Å²) in [4.78, 5) is 6.42. The minimum Gasteiger partial charge on any atom is -0.497 e. The Balaban J connectivity index is 2.45. The molecule has 1 rings (SSSR count). The van der Waals surface area contributed by atoms with Crippen LogP contribution in [-0.4, -0.2) is 45.2 Å². The molecule has 0 aromatic heterocycles. The van der Waals surface area contributed by atoms with Crippen molar-refractivity contribution in [1.29, 1.82) is 0 Å². The molecule has 0 unspecified atom stereocenters. The third-order valence-corrected chi connectivity index (χ3v) is 3.76. The summed E-state index contributed by atoms with van der Waals surface area (Å²) in [7, 11) is 5.48. The van der Waals surface area contributed by atoms with E-state index in [1.807, 2.05) is 31.3 Å². The molecule has 0 aliphatic heterocycles. The molecular formula is C17H26ClN3O. The second-order valence-corrected chi connectivity index (χ2v) is 5.44. The lowest BCUT2D eigenvalue weighted by atomic mass is 10.1. The number of rotatable bonds is 8. The molecule has 1 aromatic rings. The number of guanidine groups is 1. The quantitative estimate of drug-likeness (QED) is 0.345. The minimum atomic E-state index is 0.732. The van der Waals surface area contributed by atoms with Crippen LogP contribution < -0.4 is 10.1 Å². The smallest absolute Gasteiger partial charge is 0.193 e. The Morgan fingerprint density at radius 2 is 2.27 bits per heavy atom. The van der Waals surface area contributed by atoms with Crippen LogP contribution in [0.4, 0.5) is 0 Å². The first-order chi connectivity index (χ1) is 10.6. The van der Waals surface area contributed by atoms with E-state index in [4.69, 9.17) is 16.3 Å². The van der Waals surface area contributed by atoms with Gasteiger partial charge in [-0.3, -0.25) is 4.99 Å². The molecule has 22 heavy (non-hydrogen) atoms. The van der Waals surface area contributed by atoms with Crippen LogP contribution in [0.15, 0.2) is 35.8 Å². The van der Waals surface area contributed by atoms with Gasteiger partial charge in [0.05, 0.1) is 7.11 Å². The second-order valence-electron chi connectivity index (χ2n) is 5.03. The Morgan fingerprint density at radius 1 is 1.50 bits per heavy atom. The van der Waals surface area contributed by atoms with E-state index in [1.54, 1.807) is 14.2 Å². The summed E-state index contributed by atoms with van der Waals surface area (Å²) in [5.74, 6) is 1.67. The molecule has 0 amide bonds. The SMILES string of the molecule is C=CCCCN(C)C(=NC)NCCc1ccc(OC)cc1Cl. The third kappa shape index (κ3) is 5.98. The maximum Gasteiger partial charge on any atom is 0.193 e. The molecule has 0 fully saturated rings. The minimum absolute atomic E-state index is 0.732. The largest absolute Gasteiger partial charge is 0.497 e. The summed E-state index contributed by atoms with van der Waals surface area (Å²) < 4.78 is 5.16. The van der Waals surface area contributed by atoms with E-state index in [-0.39, 0.29) is 0 Å². The number of methoxy groups -OCH3 is 1. The standard InChI is InChI=1S/C17H26ClN3O/c1-5-6-7-12-21(3)17(19-2)20-11-10-14-8-9-15(22-4)13-16(14)18/h5,8-9,13H,1,6-7,10-12H2,2-4H3,(H,19,20). The second kappa shape index (κ2) is 10.1. The van der Waals surface area contributed by atoms with Crippen molar-refractivity contribution in [3.8, 4) is 5.75 Å². The summed E-state index contributed by atoms with van der Waals surface area (Å²) in [6.45, 7) is 5.48. The number of halogens is 1. The molecule has 0 bridgehead atoms. The van der Waals surface area contributed by atoms with Crippen molar-refractivity contribution in [3.05, 3.63) is 41.4 Å². The van der Waals surface area contributed by atoms with Crippen molar-refractivity contribution >= 4 is 17.6 Å². The summed E-state index contributed by atoms with van der Waals surface area (Å²) in [5, 5.41) is 4.09. The summed E-state index contributed by atoms with van der Waals surface area (Å²) in [6, 6.07) is 5.77. The molecule has 0 atom stereocenters. The van der Waals surface area contributed by atoms with Gasteiger partial charge >= 0.3 is 0 Å². The fraction of sp³-hybridized carbons (Fsp3) is 0.471. The van der Waals surface area contributed by atoms with Crippen molar-refractivity contribution in [2.75, 3.05) is 34.3 Å². The summed E-state index contributed by atoms with van der Waals surface area (Å²) in [5.41, 5.74) is 1.10. The third-order valence-electron chi connectivity index (χ3n) is 3.41. The summed E-state index contributed by atoms with van der Waals surface area (Å²) in [6.07, 6.45) is 4.87. The molecule has 1 aromatic carbocycles. The molecule has 0 saturated heterocycles. The van der Waals surface area contributed by atoms with Crippen molar-refractivity contribution in [2.45, 2.75) is 19.3 Å². The van der Waals surface area contributed by atoms with Gasteiger partial charge in [0, 0.05) is 32.2 Å². The van der Waals surface area contributed by atoms with Crippen LogP contribution in [0.2, 0.25) is 5.02 Å². The number of nitrogens with one attached hydrogen (secondary N) is 1. The molecular weight excluding hydrogens is 298 g/mol. The van der Waals surface area contributed by atoms with E-state index >= 15 is 0 Å². The summed E-state index contributed by atoms with van der Waals surface area (Å²) >= 11 is 6.25. The van der Waals surface area contributed by atoms with Crippen LogP contribution in [0.25, 0.3) is 0 Å². The Hall–Kier alpha value is -1.68. The first kappa shape index (κ1) is 18.4. The van der Waals surface area contributed by atoms with Gasteiger partial charge in [-0.2, -0.15) is 0 Å². The average Bonchev–Trinajstić information content (AvgIpc) is 2.52. The van der Waals surface area contributed by atoms with E-state index in [1.165, 1.54) is 0 Å². The van der Waals surface area contributed by atoms with E-state index in [0.717, 1.165) is 54.6 Å². The molecule has 0 aliphatic carbocycles. The van der Waals surface area contributed by atoms with Crippen LogP contribution in [0, 0.1) is 0 Å². The van der Waals surface area contributed by atoms with Crippen molar-refractivity contribution in [2.24, 2.45) is 4.99 Å². The molecule has 4 nitrogen and oxygen atoms in total. The lowest BCUT2D eigenvalue weighted by molar-refractivity contribution is 0.414. The van der Waals surface area contributed by atoms with Crippen LogP contribution >= 0.6 is 11.6 Å². The van der Waals surface area contributed by atoms with Crippen molar-refractivity contribution < 1.29 is 4.74 Å². The van der Waals surface area contributed by atoms with E-state index < -0.39 is 0 Å². The maximum atomic E-state index is 6.25. The monoisotopic (exact) mass is 323 g/mol. The van der Waals surface area contributed by atoms with Gasteiger partial charge in [-0.25, -0.2) is 0 Å².